The van der Waals surface area contributed by atoms with Gasteiger partial charge in [-0.2, -0.15) is 4.37 Å². The van der Waals surface area contributed by atoms with Crippen molar-refractivity contribution in [3.63, 3.8) is 0 Å². The number of nitrogens with zero attached hydrogens (tertiary/aromatic N) is 4. The summed E-state index contributed by atoms with van der Waals surface area (Å²) in [7, 11) is 0. The first-order chi connectivity index (χ1) is 19.5. The Hall–Kier alpha value is -4.05. The number of hydrogen-bond acceptors (Lipinski definition) is 7. The number of aryl methyl sites for hydroxylation is 2. The minimum absolute atomic E-state index is 0.161. The molecule has 0 radical (unpaired) electrons. The van der Waals surface area contributed by atoms with E-state index in [0.29, 0.717) is 40.3 Å². The van der Waals surface area contributed by atoms with Gasteiger partial charge in [0.25, 0.3) is 11.5 Å². The Morgan fingerprint density at radius 3 is 2.39 bits per heavy atom. The van der Waals surface area contributed by atoms with E-state index in [2.05, 4.69) is 9.69 Å². The Morgan fingerprint density at radius 1 is 1.07 bits per heavy atom. The highest BCUT2D eigenvalue weighted by Crippen LogP contribution is 2.28. The molecule has 0 spiro atoms. The fraction of sp³-hybridized carbons (Fsp3) is 0.387. The van der Waals surface area contributed by atoms with Crippen molar-refractivity contribution in [1.29, 1.82) is 0 Å². The van der Waals surface area contributed by atoms with Crippen LogP contribution in [0.2, 0.25) is 0 Å². The molecular formula is C31H37N5O4S. The van der Waals surface area contributed by atoms with Crippen LogP contribution in [0.1, 0.15) is 73.2 Å². The standard InChI is InChI=1S/C31H37N5O4S/c1-7-24(26-33-27-25(21(3)34-41-27)29(38)36(26)19-22-11-9-8-10-12-22)35(18-17-32-30(39)40-31(4,5)6)28(37)23-15-13-20(2)14-16-23/h8-16,24H,7,17-19H2,1-6H3,(H,32,39). The number of hydrogen-bond donors (Lipinski definition) is 1. The Bertz CT molecular complexity index is 1570. The summed E-state index contributed by atoms with van der Waals surface area (Å²) < 4.78 is 11.4. The highest BCUT2D eigenvalue weighted by atomic mass is 32.1. The van der Waals surface area contributed by atoms with Gasteiger partial charge in [0, 0.05) is 18.7 Å². The maximum Gasteiger partial charge on any atom is 0.407 e. The molecule has 0 fully saturated rings. The van der Waals surface area contributed by atoms with Crippen molar-refractivity contribution in [1.82, 2.24) is 24.1 Å². The summed E-state index contributed by atoms with van der Waals surface area (Å²) in [5, 5.41) is 3.26. The van der Waals surface area contributed by atoms with Gasteiger partial charge in [-0.25, -0.2) is 9.78 Å². The van der Waals surface area contributed by atoms with Gasteiger partial charge in [0.15, 0.2) is 4.83 Å². The third kappa shape index (κ3) is 7.18. The largest absolute Gasteiger partial charge is 0.444 e. The van der Waals surface area contributed by atoms with E-state index in [9.17, 15) is 14.4 Å². The van der Waals surface area contributed by atoms with Gasteiger partial charge in [-0.15, -0.1) is 0 Å². The molecule has 1 N–H and O–H groups in total. The minimum atomic E-state index is -0.646. The monoisotopic (exact) mass is 575 g/mol. The molecule has 41 heavy (non-hydrogen) atoms. The van der Waals surface area contributed by atoms with Crippen LogP contribution in [0, 0.1) is 13.8 Å². The molecule has 2 aromatic heterocycles. The average Bonchev–Trinajstić information content (AvgIpc) is 3.30. The second kappa shape index (κ2) is 12.6. The van der Waals surface area contributed by atoms with Crippen LogP contribution in [0.25, 0.3) is 10.2 Å². The number of benzene rings is 2. The molecule has 0 saturated heterocycles. The summed E-state index contributed by atoms with van der Waals surface area (Å²) in [5.74, 6) is 0.263. The molecule has 2 amide bonds. The van der Waals surface area contributed by atoms with Gasteiger partial charge in [-0.1, -0.05) is 55.0 Å². The van der Waals surface area contributed by atoms with E-state index in [4.69, 9.17) is 9.72 Å². The number of ether oxygens (including phenoxy) is 1. The van der Waals surface area contributed by atoms with Crippen molar-refractivity contribution in [2.45, 2.75) is 66.2 Å². The third-order valence-electron chi connectivity index (χ3n) is 6.62. The maximum absolute atomic E-state index is 14.0. The molecule has 2 aromatic carbocycles. The molecule has 216 valence electrons. The highest BCUT2D eigenvalue weighted by Gasteiger charge is 2.30. The number of fused-ring (bicyclic) bond motifs is 1. The zero-order valence-corrected chi connectivity index (χ0v) is 25.2. The highest BCUT2D eigenvalue weighted by molar-refractivity contribution is 7.12. The normalized spacial score (nSPS) is 12.2. The fourth-order valence-electron chi connectivity index (χ4n) is 4.65. The molecule has 1 unspecified atom stereocenters. The first kappa shape index (κ1) is 29.9. The van der Waals surface area contributed by atoms with Crippen molar-refractivity contribution in [2.24, 2.45) is 0 Å². The number of carbonyl (C=O) groups is 2. The number of carbonyl (C=O) groups excluding carboxylic acids is 2. The van der Waals surface area contributed by atoms with E-state index >= 15 is 0 Å². The van der Waals surface area contributed by atoms with Crippen molar-refractivity contribution >= 4 is 33.7 Å². The van der Waals surface area contributed by atoms with Gasteiger partial charge in [0.05, 0.1) is 23.7 Å². The Kier molecular flexibility index (Phi) is 9.22. The lowest BCUT2D eigenvalue weighted by Crippen LogP contribution is -2.43. The second-order valence-corrected chi connectivity index (χ2v) is 11.8. The van der Waals surface area contributed by atoms with E-state index < -0.39 is 17.7 Å². The molecule has 0 bridgehead atoms. The molecule has 2 heterocycles. The lowest BCUT2D eigenvalue weighted by molar-refractivity contribution is 0.0499. The average molecular weight is 576 g/mol. The molecule has 0 aliphatic rings. The summed E-state index contributed by atoms with van der Waals surface area (Å²) in [6.45, 7) is 11.8. The van der Waals surface area contributed by atoms with E-state index in [1.807, 2.05) is 56.3 Å². The van der Waals surface area contributed by atoms with Crippen LogP contribution in [0.5, 0.6) is 0 Å². The Balaban J connectivity index is 1.78. The van der Waals surface area contributed by atoms with Gasteiger partial charge in [0.2, 0.25) is 0 Å². The van der Waals surface area contributed by atoms with Crippen molar-refractivity contribution in [3.8, 4) is 0 Å². The van der Waals surface area contributed by atoms with E-state index in [1.165, 1.54) is 11.5 Å². The second-order valence-electron chi connectivity index (χ2n) is 11.0. The summed E-state index contributed by atoms with van der Waals surface area (Å²) >= 11 is 1.18. The van der Waals surface area contributed by atoms with Crippen molar-refractivity contribution < 1.29 is 14.3 Å². The first-order valence-corrected chi connectivity index (χ1v) is 14.5. The predicted molar refractivity (Wildman–Crippen MR) is 161 cm³/mol. The molecule has 4 rings (SSSR count). The predicted octanol–water partition coefficient (Wildman–Crippen LogP) is 5.64. The lowest BCUT2D eigenvalue weighted by atomic mass is 10.1. The molecule has 4 aromatic rings. The lowest BCUT2D eigenvalue weighted by Gasteiger charge is -2.32. The van der Waals surface area contributed by atoms with Gasteiger partial charge in [0.1, 0.15) is 11.4 Å². The minimum Gasteiger partial charge on any atom is -0.444 e. The zero-order chi connectivity index (χ0) is 29.7. The van der Waals surface area contributed by atoms with Gasteiger partial charge in [-0.05, 0) is 70.3 Å². The zero-order valence-electron chi connectivity index (χ0n) is 24.4. The number of aromatic nitrogens is 3. The summed E-state index contributed by atoms with van der Waals surface area (Å²) in [4.78, 5) is 47.5. The molecule has 1 atom stereocenters. The van der Waals surface area contributed by atoms with Crippen LogP contribution >= 0.6 is 11.5 Å². The number of nitrogens with one attached hydrogen (secondary N) is 1. The smallest absolute Gasteiger partial charge is 0.407 e. The van der Waals surface area contributed by atoms with Crippen LogP contribution < -0.4 is 10.9 Å². The van der Waals surface area contributed by atoms with Crippen molar-refractivity contribution in [3.05, 3.63) is 93.2 Å². The van der Waals surface area contributed by atoms with Crippen LogP contribution in [-0.2, 0) is 11.3 Å². The van der Waals surface area contributed by atoms with Crippen LogP contribution in [-0.4, -0.2) is 49.5 Å². The summed E-state index contributed by atoms with van der Waals surface area (Å²) in [6, 6.07) is 16.5. The molecule has 0 aliphatic heterocycles. The fourth-order valence-corrected chi connectivity index (χ4v) is 5.43. The van der Waals surface area contributed by atoms with Gasteiger partial charge >= 0.3 is 6.09 Å². The third-order valence-corrected chi connectivity index (χ3v) is 7.45. The quantitative estimate of drug-likeness (QED) is 0.277. The first-order valence-electron chi connectivity index (χ1n) is 13.7. The number of rotatable bonds is 9. The SMILES string of the molecule is CCC(c1nc2snc(C)c2c(=O)n1Cc1ccccc1)N(CCNC(=O)OC(C)(C)C)C(=O)c1ccc(C)cc1. The molecule has 9 nitrogen and oxygen atoms in total. The molecular weight excluding hydrogens is 538 g/mol. The maximum atomic E-state index is 14.0. The van der Waals surface area contributed by atoms with Crippen LogP contribution in [0.15, 0.2) is 59.4 Å². The number of amides is 2. The molecule has 0 saturated carbocycles. The van der Waals surface area contributed by atoms with Gasteiger partial charge < -0.3 is 15.0 Å². The molecule has 0 aliphatic carbocycles. The number of alkyl carbamates (subject to hydrolysis) is 1. The van der Waals surface area contributed by atoms with Gasteiger partial charge in [-0.3, -0.25) is 14.2 Å². The summed E-state index contributed by atoms with van der Waals surface area (Å²) in [6.07, 6.45) is -0.0666. The van der Waals surface area contributed by atoms with E-state index in [1.54, 1.807) is 49.3 Å². The van der Waals surface area contributed by atoms with E-state index in [-0.39, 0.29) is 24.6 Å². The Morgan fingerprint density at radius 2 is 1.76 bits per heavy atom. The van der Waals surface area contributed by atoms with Crippen molar-refractivity contribution in [2.75, 3.05) is 13.1 Å². The van der Waals surface area contributed by atoms with Crippen LogP contribution in [0.3, 0.4) is 0 Å². The summed E-state index contributed by atoms with van der Waals surface area (Å²) in [5.41, 5.74) is 2.30. The molecule has 10 heteroatoms. The Labute approximate surface area is 244 Å². The van der Waals surface area contributed by atoms with E-state index in [0.717, 1.165) is 11.1 Å². The van der Waals surface area contributed by atoms with Crippen LogP contribution in [0.4, 0.5) is 4.79 Å². The topological polar surface area (TPSA) is 106 Å².